The first kappa shape index (κ1) is 13.9. The van der Waals surface area contributed by atoms with Crippen LogP contribution in [0.4, 0.5) is 0 Å². The minimum atomic E-state index is -1.32. The second-order valence-corrected chi connectivity index (χ2v) is 4.55. The van der Waals surface area contributed by atoms with Gasteiger partial charge in [-0.15, -0.1) is 0 Å². The highest BCUT2D eigenvalue weighted by Crippen LogP contribution is 2.29. The number of carbonyl (C=O) groups excluding carboxylic acids is 2. The lowest BCUT2D eigenvalue weighted by Gasteiger charge is -2.29. The summed E-state index contributed by atoms with van der Waals surface area (Å²) in [4.78, 5) is 22.5. The topological polar surface area (TPSA) is 118 Å². The highest BCUT2D eigenvalue weighted by Gasteiger charge is 2.30. The van der Waals surface area contributed by atoms with Gasteiger partial charge in [0.1, 0.15) is 6.10 Å². The number of primary amides is 1. The molecule has 0 aromatic carbocycles. The average molecular weight is 243 g/mol. The molecule has 0 aromatic rings. The third kappa shape index (κ3) is 3.98. The Balaban J connectivity index is 2.42. The van der Waals surface area contributed by atoms with Crippen LogP contribution in [0.25, 0.3) is 0 Å². The summed E-state index contributed by atoms with van der Waals surface area (Å²) in [7, 11) is 0. The SMILES string of the molecule is NCC1CCCCC1C(=O)NCC(O)C(N)=O. The van der Waals surface area contributed by atoms with Crippen molar-refractivity contribution in [2.45, 2.75) is 31.8 Å². The standard InChI is InChI=1S/C11H21N3O3/c12-5-7-3-1-2-4-8(7)11(17)14-6-9(15)10(13)16/h7-9,15H,1-6,12H2,(H2,13,16)(H,14,17). The van der Waals surface area contributed by atoms with Gasteiger partial charge in [0.25, 0.3) is 0 Å². The number of rotatable bonds is 5. The lowest BCUT2D eigenvalue weighted by Crippen LogP contribution is -2.45. The van der Waals surface area contributed by atoms with Crippen LogP contribution in [0.5, 0.6) is 0 Å². The van der Waals surface area contributed by atoms with Gasteiger partial charge in [-0.2, -0.15) is 0 Å². The normalized spacial score (nSPS) is 26.2. The molecule has 6 N–H and O–H groups in total. The number of hydrogen-bond donors (Lipinski definition) is 4. The van der Waals surface area contributed by atoms with Crippen LogP contribution in [-0.4, -0.2) is 36.1 Å². The Morgan fingerprint density at radius 3 is 2.59 bits per heavy atom. The summed E-state index contributed by atoms with van der Waals surface area (Å²) >= 11 is 0. The van der Waals surface area contributed by atoms with Crippen LogP contribution in [0.3, 0.4) is 0 Å². The van der Waals surface area contributed by atoms with Gasteiger partial charge in [-0.05, 0) is 25.3 Å². The summed E-state index contributed by atoms with van der Waals surface area (Å²) in [6.07, 6.45) is 2.59. The molecule has 0 aliphatic heterocycles. The molecule has 6 nitrogen and oxygen atoms in total. The Labute approximate surface area is 101 Å². The lowest BCUT2D eigenvalue weighted by molar-refractivity contribution is -0.130. The monoisotopic (exact) mass is 243 g/mol. The second kappa shape index (κ2) is 6.56. The fourth-order valence-corrected chi connectivity index (χ4v) is 2.26. The van der Waals surface area contributed by atoms with E-state index in [2.05, 4.69) is 5.32 Å². The van der Waals surface area contributed by atoms with E-state index in [9.17, 15) is 14.7 Å². The number of amides is 2. The van der Waals surface area contributed by atoms with Gasteiger partial charge >= 0.3 is 0 Å². The molecule has 1 aliphatic rings. The molecule has 2 amide bonds. The minimum Gasteiger partial charge on any atom is -0.381 e. The molecule has 3 unspecified atom stereocenters. The van der Waals surface area contributed by atoms with Gasteiger partial charge in [0, 0.05) is 5.92 Å². The average Bonchev–Trinajstić information content (AvgIpc) is 2.35. The molecule has 17 heavy (non-hydrogen) atoms. The van der Waals surface area contributed by atoms with E-state index in [0.717, 1.165) is 25.7 Å². The molecule has 0 bridgehead atoms. The zero-order valence-corrected chi connectivity index (χ0v) is 9.89. The molecule has 3 atom stereocenters. The largest absolute Gasteiger partial charge is 0.381 e. The fourth-order valence-electron chi connectivity index (χ4n) is 2.26. The molecular formula is C11H21N3O3. The number of aliphatic hydroxyl groups is 1. The number of carbonyl (C=O) groups is 2. The maximum Gasteiger partial charge on any atom is 0.248 e. The summed E-state index contributed by atoms with van der Waals surface area (Å²) in [5, 5.41) is 11.7. The van der Waals surface area contributed by atoms with Crippen molar-refractivity contribution in [3.63, 3.8) is 0 Å². The number of aliphatic hydroxyl groups excluding tert-OH is 1. The van der Waals surface area contributed by atoms with Crippen LogP contribution in [0.2, 0.25) is 0 Å². The van der Waals surface area contributed by atoms with Crippen LogP contribution in [0, 0.1) is 11.8 Å². The first-order chi connectivity index (χ1) is 8.06. The number of nitrogens with one attached hydrogen (secondary N) is 1. The maximum atomic E-state index is 11.9. The highest BCUT2D eigenvalue weighted by atomic mass is 16.3. The first-order valence-corrected chi connectivity index (χ1v) is 6.01. The first-order valence-electron chi connectivity index (χ1n) is 6.01. The van der Waals surface area contributed by atoms with Crippen molar-refractivity contribution in [1.82, 2.24) is 5.32 Å². The Hall–Kier alpha value is -1.14. The van der Waals surface area contributed by atoms with Crippen molar-refractivity contribution >= 4 is 11.8 Å². The van der Waals surface area contributed by atoms with Crippen molar-refractivity contribution in [3.05, 3.63) is 0 Å². The molecular weight excluding hydrogens is 222 g/mol. The third-order valence-electron chi connectivity index (χ3n) is 3.35. The molecule has 6 heteroatoms. The predicted molar refractivity (Wildman–Crippen MR) is 62.7 cm³/mol. The van der Waals surface area contributed by atoms with Gasteiger partial charge in [0.05, 0.1) is 6.54 Å². The second-order valence-electron chi connectivity index (χ2n) is 4.55. The number of hydrogen-bond acceptors (Lipinski definition) is 4. The predicted octanol–water partition coefficient (Wildman–Crippen LogP) is -1.29. The van der Waals surface area contributed by atoms with Crippen LogP contribution in [-0.2, 0) is 9.59 Å². The molecule has 0 saturated heterocycles. The van der Waals surface area contributed by atoms with Gasteiger partial charge in [-0.1, -0.05) is 12.8 Å². The van der Waals surface area contributed by atoms with E-state index in [1.165, 1.54) is 0 Å². The van der Waals surface area contributed by atoms with Crippen molar-refractivity contribution in [3.8, 4) is 0 Å². The lowest BCUT2D eigenvalue weighted by atomic mass is 9.79. The Bertz CT molecular complexity index is 283. The van der Waals surface area contributed by atoms with Crippen LogP contribution in [0.1, 0.15) is 25.7 Å². The van der Waals surface area contributed by atoms with Gasteiger partial charge in [-0.25, -0.2) is 0 Å². The van der Waals surface area contributed by atoms with Crippen LogP contribution >= 0.6 is 0 Å². The van der Waals surface area contributed by atoms with Crippen molar-refractivity contribution in [2.24, 2.45) is 23.3 Å². The molecule has 1 rings (SSSR count). The van der Waals surface area contributed by atoms with E-state index < -0.39 is 12.0 Å². The van der Waals surface area contributed by atoms with E-state index in [4.69, 9.17) is 11.5 Å². The maximum absolute atomic E-state index is 11.9. The summed E-state index contributed by atoms with van der Waals surface area (Å²) in [5.74, 6) is -0.868. The zero-order chi connectivity index (χ0) is 12.8. The van der Waals surface area contributed by atoms with E-state index in [1.807, 2.05) is 0 Å². The summed E-state index contributed by atoms with van der Waals surface area (Å²) in [5.41, 5.74) is 10.5. The molecule has 1 fully saturated rings. The quantitative estimate of drug-likeness (QED) is 0.480. The molecule has 1 aliphatic carbocycles. The zero-order valence-electron chi connectivity index (χ0n) is 9.89. The van der Waals surface area contributed by atoms with E-state index in [1.54, 1.807) is 0 Å². The Kier molecular flexibility index (Phi) is 5.37. The smallest absolute Gasteiger partial charge is 0.248 e. The van der Waals surface area contributed by atoms with Gasteiger partial charge in [0.2, 0.25) is 11.8 Å². The molecule has 0 aromatic heterocycles. The minimum absolute atomic E-state index is 0.103. The van der Waals surface area contributed by atoms with Crippen LogP contribution in [0.15, 0.2) is 0 Å². The molecule has 0 heterocycles. The van der Waals surface area contributed by atoms with Gasteiger partial charge in [-0.3, -0.25) is 9.59 Å². The molecule has 98 valence electrons. The summed E-state index contributed by atoms with van der Waals surface area (Å²) in [6.45, 7) is 0.373. The highest BCUT2D eigenvalue weighted by molar-refractivity contribution is 5.82. The van der Waals surface area contributed by atoms with Gasteiger partial charge in [0.15, 0.2) is 0 Å². The molecule has 0 radical (unpaired) electrons. The van der Waals surface area contributed by atoms with Crippen molar-refractivity contribution < 1.29 is 14.7 Å². The Morgan fingerprint density at radius 1 is 1.35 bits per heavy atom. The summed E-state index contributed by atoms with van der Waals surface area (Å²) in [6, 6.07) is 0. The summed E-state index contributed by atoms with van der Waals surface area (Å²) < 4.78 is 0. The molecule has 1 saturated carbocycles. The van der Waals surface area contributed by atoms with Crippen molar-refractivity contribution in [1.29, 1.82) is 0 Å². The van der Waals surface area contributed by atoms with E-state index >= 15 is 0 Å². The number of nitrogens with two attached hydrogens (primary N) is 2. The van der Waals surface area contributed by atoms with Crippen LogP contribution < -0.4 is 16.8 Å². The van der Waals surface area contributed by atoms with Crippen molar-refractivity contribution in [2.75, 3.05) is 13.1 Å². The van der Waals surface area contributed by atoms with E-state index in [-0.39, 0.29) is 24.3 Å². The van der Waals surface area contributed by atoms with E-state index in [0.29, 0.717) is 6.54 Å². The fraction of sp³-hybridized carbons (Fsp3) is 0.818. The molecule has 0 spiro atoms. The Morgan fingerprint density at radius 2 is 2.00 bits per heavy atom. The van der Waals surface area contributed by atoms with Gasteiger partial charge < -0.3 is 21.9 Å². The third-order valence-corrected chi connectivity index (χ3v) is 3.35.